The van der Waals surface area contributed by atoms with Crippen LogP contribution in [0.4, 0.5) is 11.6 Å². The smallest absolute Gasteiger partial charge is 0.175 e. The summed E-state index contributed by atoms with van der Waals surface area (Å²) >= 11 is 7.47. The molecule has 1 saturated carbocycles. The van der Waals surface area contributed by atoms with Crippen molar-refractivity contribution >= 4 is 35.0 Å². The Labute approximate surface area is 173 Å². The summed E-state index contributed by atoms with van der Waals surface area (Å²) in [5.74, 6) is 0.991. The summed E-state index contributed by atoms with van der Waals surface area (Å²) in [6.07, 6.45) is 9.03. The number of rotatable bonds is 3. The molecule has 4 N–H and O–H groups in total. The predicted octanol–water partition coefficient (Wildman–Crippen LogP) is 3.23. The SMILES string of the molecule is N#Cc1nc(N2CCC3(CCC[C@H]3N)CC2)cnc1Sc1ccnc(N)c1Cl. The topological polar surface area (TPSA) is 118 Å². The van der Waals surface area contributed by atoms with Crippen molar-refractivity contribution in [2.45, 2.75) is 48.1 Å². The molecular weight excluding hydrogens is 394 g/mol. The van der Waals surface area contributed by atoms with Gasteiger partial charge < -0.3 is 16.4 Å². The van der Waals surface area contributed by atoms with Crippen LogP contribution in [0, 0.1) is 16.7 Å². The van der Waals surface area contributed by atoms with Gasteiger partial charge in [-0.25, -0.2) is 15.0 Å². The monoisotopic (exact) mass is 415 g/mol. The lowest BCUT2D eigenvalue weighted by molar-refractivity contribution is 0.197. The minimum atomic E-state index is 0.252. The largest absolute Gasteiger partial charge is 0.382 e. The summed E-state index contributed by atoms with van der Waals surface area (Å²) in [5.41, 5.74) is 12.7. The van der Waals surface area contributed by atoms with Crippen molar-refractivity contribution in [3.8, 4) is 6.07 Å². The van der Waals surface area contributed by atoms with Crippen LogP contribution in [-0.2, 0) is 0 Å². The molecule has 2 aromatic heterocycles. The fourth-order valence-corrected chi connectivity index (χ4v) is 5.31. The van der Waals surface area contributed by atoms with E-state index >= 15 is 0 Å². The first-order valence-corrected chi connectivity index (χ1v) is 10.6. The van der Waals surface area contributed by atoms with Gasteiger partial charge in [0.05, 0.1) is 11.2 Å². The average molecular weight is 416 g/mol. The Bertz CT molecular complexity index is 921. The first kappa shape index (κ1) is 19.2. The van der Waals surface area contributed by atoms with Crippen LogP contribution in [-0.4, -0.2) is 34.1 Å². The molecule has 7 nitrogen and oxygen atoms in total. The van der Waals surface area contributed by atoms with Gasteiger partial charge in [0, 0.05) is 30.2 Å². The number of anilines is 2. The molecule has 2 aliphatic rings. The third kappa shape index (κ3) is 3.50. The number of aromatic nitrogens is 3. The number of piperidine rings is 1. The predicted molar refractivity (Wildman–Crippen MR) is 110 cm³/mol. The molecule has 1 aliphatic carbocycles. The van der Waals surface area contributed by atoms with E-state index in [4.69, 9.17) is 23.1 Å². The zero-order valence-corrected chi connectivity index (χ0v) is 17.0. The molecular formula is C19H22ClN7S. The highest BCUT2D eigenvalue weighted by Crippen LogP contribution is 2.46. The maximum atomic E-state index is 9.57. The highest BCUT2D eigenvalue weighted by Gasteiger charge is 2.43. The highest BCUT2D eigenvalue weighted by atomic mass is 35.5. The van der Waals surface area contributed by atoms with Crippen molar-refractivity contribution in [3.05, 3.63) is 29.2 Å². The Morgan fingerprint density at radius 1 is 1.29 bits per heavy atom. The van der Waals surface area contributed by atoms with Crippen LogP contribution in [0.1, 0.15) is 37.8 Å². The second kappa shape index (κ2) is 7.74. The highest BCUT2D eigenvalue weighted by molar-refractivity contribution is 7.99. The minimum Gasteiger partial charge on any atom is -0.382 e. The van der Waals surface area contributed by atoms with Crippen molar-refractivity contribution in [1.29, 1.82) is 5.26 Å². The number of nitriles is 1. The van der Waals surface area contributed by atoms with Crippen molar-refractivity contribution in [2.75, 3.05) is 23.7 Å². The molecule has 3 heterocycles. The molecule has 1 atom stereocenters. The normalized spacial score (nSPS) is 21.0. The third-order valence-electron chi connectivity index (χ3n) is 5.98. The van der Waals surface area contributed by atoms with E-state index in [1.807, 2.05) is 0 Å². The molecule has 0 unspecified atom stereocenters. The molecule has 0 aromatic carbocycles. The molecule has 0 bridgehead atoms. The standard InChI is InChI=1S/C19H22ClN7S/c20-16-13(3-7-24-17(16)23)28-18-12(10-21)26-15(11-25-18)27-8-5-19(6-9-27)4-1-2-14(19)22/h3,7,11,14H,1-2,4-6,8-9,22H2,(H2,23,24)/t14-/m1/s1. The number of hydrogen-bond acceptors (Lipinski definition) is 8. The van der Waals surface area contributed by atoms with Gasteiger partial charge in [-0.2, -0.15) is 5.26 Å². The van der Waals surface area contributed by atoms with Gasteiger partial charge in [0.25, 0.3) is 0 Å². The molecule has 0 amide bonds. The molecule has 9 heteroatoms. The van der Waals surface area contributed by atoms with Crippen LogP contribution in [0.2, 0.25) is 5.02 Å². The second-order valence-electron chi connectivity index (χ2n) is 7.45. The molecule has 4 rings (SSSR count). The van der Waals surface area contributed by atoms with Crippen molar-refractivity contribution in [1.82, 2.24) is 15.0 Å². The van der Waals surface area contributed by atoms with Gasteiger partial charge in [-0.3, -0.25) is 0 Å². The quantitative estimate of drug-likeness (QED) is 0.784. The van der Waals surface area contributed by atoms with E-state index in [-0.39, 0.29) is 16.9 Å². The lowest BCUT2D eigenvalue weighted by Crippen LogP contribution is -2.47. The Morgan fingerprint density at radius 2 is 2.07 bits per heavy atom. The van der Waals surface area contributed by atoms with E-state index in [1.54, 1.807) is 18.5 Å². The van der Waals surface area contributed by atoms with Gasteiger partial charge in [0.2, 0.25) is 0 Å². The second-order valence-corrected chi connectivity index (χ2v) is 8.86. The van der Waals surface area contributed by atoms with Gasteiger partial charge in [0.15, 0.2) is 5.69 Å². The third-order valence-corrected chi connectivity index (χ3v) is 7.54. The van der Waals surface area contributed by atoms with E-state index in [0.29, 0.717) is 21.0 Å². The number of pyridine rings is 1. The van der Waals surface area contributed by atoms with E-state index < -0.39 is 0 Å². The van der Waals surface area contributed by atoms with Crippen molar-refractivity contribution < 1.29 is 0 Å². The number of nitrogen functional groups attached to an aromatic ring is 1. The Kier molecular flexibility index (Phi) is 5.32. The van der Waals surface area contributed by atoms with E-state index in [2.05, 4.69) is 25.9 Å². The number of nitrogens with two attached hydrogens (primary N) is 2. The van der Waals surface area contributed by atoms with E-state index in [0.717, 1.165) is 38.2 Å². The van der Waals surface area contributed by atoms with Gasteiger partial charge in [0.1, 0.15) is 22.7 Å². The summed E-state index contributed by atoms with van der Waals surface area (Å²) in [6.45, 7) is 1.79. The van der Waals surface area contributed by atoms with Crippen LogP contribution in [0.15, 0.2) is 28.4 Å². The first-order chi connectivity index (χ1) is 13.5. The van der Waals surface area contributed by atoms with Crippen molar-refractivity contribution in [2.24, 2.45) is 11.1 Å². The molecule has 146 valence electrons. The maximum absolute atomic E-state index is 9.57. The summed E-state index contributed by atoms with van der Waals surface area (Å²) in [4.78, 5) is 15.9. The van der Waals surface area contributed by atoms with Crippen LogP contribution >= 0.6 is 23.4 Å². The fraction of sp³-hybridized carbons (Fsp3) is 0.474. The molecule has 28 heavy (non-hydrogen) atoms. The van der Waals surface area contributed by atoms with Gasteiger partial charge in [-0.1, -0.05) is 29.8 Å². The summed E-state index contributed by atoms with van der Waals surface area (Å²) < 4.78 is 0. The summed E-state index contributed by atoms with van der Waals surface area (Å²) in [7, 11) is 0. The van der Waals surface area contributed by atoms with E-state index in [1.165, 1.54) is 24.6 Å². The molecule has 1 aliphatic heterocycles. The molecule has 1 spiro atoms. The van der Waals surface area contributed by atoms with Crippen LogP contribution in [0.5, 0.6) is 0 Å². The average Bonchev–Trinajstić information content (AvgIpc) is 3.06. The van der Waals surface area contributed by atoms with Gasteiger partial charge in [-0.05, 0) is 37.2 Å². The molecule has 1 saturated heterocycles. The Morgan fingerprint density at radius 3 is 2.75 bits per heavy atom. The number of hydrogen-bond donors (Lipinski definition) is 2. The molecule has 2 fully saturated rings. The van der Waals surface area contributed by atoms with Crippen molar-refractivity contribution in [3.63, 3.8) is 0 Å². The zero-order valence-electron chi connectivity index (χ0n) is 15.4. The minimum absolute atomic E-state index is 0.252. The number of nitrogens with zero attached hydrogens (tertiary/aromatic N) is 5. The lowest BCUT2D eigenvalue weighted by atomic mass is 9.74. The van der Waals surface area contributed by atoms with Crippen LogP contribution < -0.4 is 16.4 Å². The Hall–Kier alpha value is -2.08. The Balaban J connectivity index is 1.52. The molecule has 2 aromatic rings. The summed E-state index contributed by atoms with van der Waals surface area (Å²) in [5, 5.41) is 10.4. The van der Waals surface area contributed by atoms with Gasteiger partial charge in [-0.15, -0.1) is 0 Å². The van der Waals surface area contributed by atoms with Crippen LogP contribution in [0.25, 0.3) is 0 Å². The molecule has 0 radical (unpaired) electrons. The van der Waals surface area contributed by atoms with Crippen LogP contribution in [0.3, 0.4) is 0 Å². The maximum Gasteiger partial charge on any atom is 0.175 e. The summed E-state index contributed by atoms with van der Waals surface area (Å²) in [6, 6.07) is 4.21. The zero-order chi connectivity index (χ0) is 19.7. The fourth-order valence-electron chi connectivity index (χ4n) is 4.26. The number of halogens is 1. The first-order valence-electron chi connectivity index (χ1n) is 9.38. The lowest BCUT2D eigenvalue weighted by Gasteiger charge is -2.42. The van der Waals surface area contributed by atoms with Gasteiger partial charge >= 0.3 is 0 Å². The van der Waals surface area contributed by atoms with E-state index in [9.17, 15) is 5.26 Å².